The quantitative estimate of drug-likeness (QED) is 0.798. The molecule has 5 heteroatoms. The Labute approximate surface area is 99.8 Å². The predicted octanol–water partition coefficient (Wildman–Crippen LogP) is 1.46. The van der Waals surface area contributed by atoms with Gasteiger partial charge < -0.3 is 9.12 Å². The van der Waals surface area contributed by atoms with Crippen molar-refractivity contribution in [3.8, 4) is 0 Å². The van der Waals surface area contributed by atoms with Crippen LogP contribution in [-0.2, 0) is 24.8 Å². The maximum absolute atomic E-state index is 12.0. The van der Waals surface area contributed by atoms with E-state index in [1.807, 2.05) is 34.1 Å². The molecule has 4 nitrogen and oxygen atoms in total. The summed E-state index contributed by atoms with van der Waals surface area (Å²) < 4.78 is 17.0. The molecule has 16 heavy (non-hydrogen) atoms. The second kappa shape index (κ2) is 4.05. The number of aromatic nitrogens is 2. The van der Waals surface area contributed by atoms with Gasteiger partial charge in [-0.15, -0.1) is 4.72 Å². The molecule has 2 rings (SSSR count). The van der Waals surface area contributed by atoms with Gasteiger partial charge in [0.1, 0.15) is 4.75 Å². The molecule has 0 aliphatic heterocycles. The monoisotopic (exact) mass is 241 g/mol. The summed E-state index contributed by atoms with van der Waals surface area (Å²) in [5.41, 5.74) is 2.34. The third-order valence-corrected chi connectivity index (χ3v) is 4.51. The second-order valence-electron chi connectivity index (χ2n) is 5.28. The minimum absolute atomic E-state index is 0.149. The smallest absolute Gasteiger partial charge is 0.136 e. The van der Waals surface area contributed by atoms with Crippen LogP contribution in [0.1, 0.15) is 44.6 Å². The van der Waals surface area contributed by atoms with Crippen molar-refractivity contribution < 1.29 is 4.55 Å². The summed E-state index contributed by atoms with van der Waals surface area (Å²) in [5.74, 6) is 0. The van der Waals surface area contributed by atoms with Crippen LogP contribution in [0.2, 0.25) is 0 Å². The Balaban J connectivity index is 2.09. The third kappa shape index (κ3) is 2.12. The summed E-state index contributed by atoms with van der Waals surface area (Å²) in [6, 6.07) is 0.149. The van der Waals surface area contributed by atoms with Crippen molar-refractivity contribution in [3.63, 3.8) is 0 Å². The largest absolute Gasteiger partial charge is 0.598 e. The lowest BCUT2D eigenvalue weighted by atomic mass is 10.2. The van der Waals surface area contributed by atoms with E-state index in [4.69, 9.17) is 0 Å². The van der Waals surface area contributed by atoms with Crippen LogP contribution >= 0.6 is 0 Å². The van der Waals surface area contributed by atoms with Gasteiger partial charge in [0.2, 0.25) is 0 Å². The lowest BCUT2D eigenvalue weighted by Crippen LogP contribution is -2.40. The molecular formula is C11H19N3OS. The molecule has 1 aliphatic carbocycles. The zero-order valence-electron chi connectivity index (χ0n) is 10.3. The van der Waals surface area contributed by atoms with Crippen molar-refractivity contribution in [2.75, 3.05) is 0 Å². The topological polar surface area (TPSA) is 52.9 Å². The minimum Gasteiger partial charge on any atom is -0.598 e. The Hall–Kier alpha value is -0.520. The van der Waals surface area contributed by atoms with Crippen molar-refractivity contribution in [3.05, 3.63) is 17.7 Å². The summed E-state index contributed by atoms with van der Waals surface area (Å²) >= 11 is -1.02. The molecule has 1 N–H and O–H groups in total. The Kier molecular flexibility index (Phi) is 3.03. The first kappa shape index (κ1) is 12.0. The first-order valence-corrected chi connectivity index (χ1v) is 6.72. The van der Waals surface area contributed by atoms with Crippen LogP contribution in [0.4, 0.5) is 0 Å². The first-order chi connectivity index (χ1) is 7.39. The van der Waals surface area contributed by atoms with Crippen molar-refractivity contribution in [2.24, 2.45) is 7.05 Å². The summed E-state index contributed by atoms with van der Waals surface area (Å²) in [5, 5.41) is 0. The normalized spacial score (nSPS) is 22.2. The molecule has 1 aliphatic rings. The highest BCUT2D eigenvalue weighted by Gasteiger charge is 2.34. The van der Waals surface area contributed by atoms with Gasteiger partial charge in [-0.3, -0.25) is 0 Å². The Bertz CT molecular complexity index is 383. The molecule has 0 spiro atoms. The zero-order chi connectivity index (χ0) is 11.9. The van der Waals surface area contributed by atoms with Crippen LogP contribution < -0.4 is 4.72 Å². The van der Waals surface area contributed by atoms with Crippen molar-refractivity contribution in [1.29, 1.82) is 0 Å². The lowest BCUT2D eigenvalue weighted by molar-refractivity contribution is 0.519. The van der Waals surface area contributed by atoms with Gasteiger partial charge in [0, 0.05) is 24.1 Å². The Morgan fingerprint density at radius 1 is 1.56 bits per heavy atom. The predicted molar refractivity (Wildman–Crippen MR) is 65.3 cm³/mol. The van der Waals surface area contributed by atoms with Gasteiger partial charge in [0.05, 0.1) is 18.1 Å². The molecule has 1 aromatic rings. The van der Waals surface area contributed by atoms with Gasteiger partial charge in [-0.1, -0.05) is 0 Å². The SMILES string of the molecule is Cn1cnc2c1CC[C@H]2N[S+]([O-])C(C)(C)C. The molecule has 0 fully saturated rings. The molecule has 1 heterocycles. The zero-order valence-corrected chi connectivity index (χ0v) is 11.1. The number of nitrogens with zero attached hydrogens (tertiary/aromatic N) is 2. The van der Waals surface area contributed by atoms with Gasteiger partial charge in [-0.25, -0.2) is 4.98 Å². The number of fused-ring (bicyclic) bond motifs is 1. The van der Waals surface area contributed by atoms with E-state index >= 15 is 0 Å². The first-order valence-electron chi connectivity index (χ1n) is 5.57. The lowest BCUT2D eigenvalue weighted by Gasteiger charge is -2.26. The Morgan fingerprint density at radius 2 is 2.25 bits per heavy atom. The molecular weight excluding hydrogens is 222 g/mol. The summed E-state index contributed by atoms with van der Waals surface area (Å²) in [6.07, 6.45) is 3.84. The molecule has 0 amide bonds. The number of hydrogen-bond acceptors (Lipinski definition) is 3. The van der Waals surface area contributed by atoms with Crippen LogP contribution in [0.15, 0.2) is 6.33 Å². The van der Waals surface area contributed by atoms with E-state index in [-0.39, 0.29) is 10.8 Å². The average Bonchev–Trinajstić information content (AvgIpc) is 2.70. The fourth-order valence-corrected chi connectivity index (χ4v) is 2.75. The number of hydrogen-bond donors (Lipinski definition) is 1. The van der Waals surface area contributed by atoms with Gasteiger partial charge in [-0.05, 0) is 33.6 Å². The second-order valence-corrected chi connectivity index (χ2v) is 7.28. The van der Waals surface area contributed by atoms with Gasteiger partial charge in [-0.2, -0.15) is 0 Å². The molecule has 0 bridgehead atoms. The highest BCUT2D eigenvalue weighted by Crippen LogP contribution is 2.31. The van der Waals surface area contributed by atoms with E-state index in [1.54, 1.807) is 0 Å². The van der Waals surface area contributed by atoms with Crippen LogP contribution in [0.25, 0.3) is 0 Å². The summed E-state index contributed by atoms with van der Waals surface area (Å²) in [4.78, 5) is 4.38. The number of nitrogens with one attached hydrogen (secondary N) is 1. The van der Waals surface area contributed by atoms with E-state index in [0.717, 1.165) is 18.5 Å². The van der Waals surface area contributed by atoms with Crippen molar-refractivity contribution >= 4 is 11.4 Å². The van der Waals surface area contributed by atoms with E-state index in [1.165, 1.54) is 5.69 Å². The molecule has 0 radical (unpaired) electrons. The Morgan fingerprint density at radius 3 is 2.88 bits per heavy atom. The maximum atomic E-state index is 12.0. The van der Waals surface area contributed by atoms with Gasteiger partial charge >= 0.3 is 0 Å². The van der Waals surface area contributed by atoms with Crippen LogP contribution in [0, 0.1) is 0 Å². The number of aryl methyl sites for hydroxylation is 1. The molecule has 1 aromatic heterocycles. The molecule has 0 saturated carbocycles. The van der Waals surface area contributed by atoms with Gasteiger partial charge in [0.25, 0.3) is 0 Å². The number of rotatable bonds is 2. The van der Waals surface area contributed by atoms with Crippen molar-refractivity contribution in [2.45, 2.75) is 44.4 Å². The maximum Gasteiger partial charge on any atom is 0.136 e. The molecule has 90 valence electrons. The van der Waals surface area contributed by atoms with Crippen LogP contribution in [0.3, 0.4) is 0 Å². The van der Waals surface area contributed by atoms with E-state index in [0.29, 0.717) is 0 Å². The third-order valence-electron chi connectivity index (χ3n) is 2.90. The average molecular weight is 241 g/mol. The van der Waals surface area contributed by atoms with Gasteiger partial charge in [0.15, 0.2) is 0 Å². The van der Waals surface area contributed by atoms with Crippen LogP contribution in [-0.4, -0.2) is 18.9 Å². The molecule has 0 saturated heterocycles. The minimum atomic E-state index is -1.02. The standard InChI is InChI=1S/C11H19N3OS/c1-11(2,3)16(15)13-8-5-6-9-10(8)12-7-14(9)4/h7-8,13H,5-6H2,1-4H3/t8-,16?/m1/s1. The summed E-state index contributed by atoms with van der Waals surface area (Å²) in [6.45, 7) is 5.93. The fourth-order valence-electron chi connectivity index (χ4n) is 1.91. The molecule has 2 atom stereocenters. The van der Waals surface area contributed by atoms with Crippen molar-refractivity contribution in [1.82, 2.24) is 14.3 Å². The highest BCUT2D eigenvalue weighted by atomic mass is 32.2. The molecule has 1 unspecified atom stereocenters. The highest BCUT2D eigenvalue weighted by molar-refractivity contribution is 7.90. The van der Waals surface area contributed by atoms with Crippen LogP contribution in [0.5, 0.6) is 0 Å². The fraction of sp³-hybridized carbons (Fsp3) is 0.727. The van der Waals surface area contributed by atoms with E-state index < -0.39 is 11.4 Å². The van der Waals surface area contributed by atoms with E-state index in [2.05, 4.69) is 14.3 Å². The van der Waals surface area contributed by atoms with E-state index in [9.17, 15) is 4.55 Å². The summed E-state index contributed by atoms with van der Waals surface area (Å²) in [7, 11) is 2.01. The number of imidazole rings is 1. The molecule has 0 aromatic carbocycles.